The van der Waals surface area contributed by atoms with Gasteiger partial charge in [-0.3, -0.25) is 0 Å². The van der Waals surface area contributed by atoms with Crippen LogP contribution in [0.15, 0.2) is 28.9 Å². The lowest BCUT2D eigenvalue weighted by molar-refractivity contribution is 0.835. The maximum atomic E-state index is 5.64. The Balaban J connectivity index is 2.39. The van der Waals surface area contributed by atoms with E-state index in [9.17, 15) is 0 Å². The Morgan fingerprint density at radius 3 is 2.42 bits per heavy atom. The van der Waals surface area contributed by atoms with E-state index in [-0.39, 0.29) is 0 Å². The molecule has 0 unspecified atom stereocenters. The van der Waals surface area contributed by atoms with Crippen molar-refractivity contribution in [1.29, 1.82) is 0 Å². The Bertz CT molecular complexity index is 556. The molecule has 1 aromatic heterocycles. The van der Waals surface area contributed by atoms with Crippen LogP contribution in [0.25, 0.3) is 5.69 Å². The van der Waals surface area contributed by atoms with E-state index in [1.165, 1.54) is 11.1 Å². The molecule has 2 rings (SSSR count). The third-order valence-corrected chi connectivity index (χ3v) is 4.13. The summed E-state index contributed by atoms with van der Waals surface area (Å²) in [6, 6.07) is 8.54. The topological polar surface area (TPSA) is 43.8 Å². The van der Waals surface area contributed by atoms with Crippen molar-refractivity contribution >= 4 is 15.9 Å². The maximum absolute atomic E-state index is 5.64. The highest BCUT2D eigenvalue weighted by atomic mass is 79.9. The summed E-state index contributed by atoms with van der Waals surface area (Å²) in [7, 11) is 0. The molecule has 0 spiro atoms. The van der Waals surface area contributed by atoms with Crippen LogP contribution in [0, 0.1) is 6.92 Å². The van der Waals surface area contributed by atoms with Crippen molar-refractivity contribution in [2.45, 2.75) is 33.1 Å². The zero-order valence-corrected chi connectivity index (χ0v) is 13.2. The summed E-state index contributed by atoms with van der Waals surface area (Å²) in [6.07, 6.45) is 0.844. The van der Waals surface area contributed by atoms with Gasteiger partial charge in [0.15, 0.2) is 0 Å². The average Bonchev–Trinajstić information content (AvgIpc) is 2.67. The van der Waals surface area contributed by atoms with E-state index in [2.05, 4.69) is 59.1 Å². The molecule has 4 heteroatoms. The SMILES string of the molecule is Cc1nn(-c2ccc(C(C)C)cc2)c(Br)c1CCN. The molecule has 0 aliphatic heterocycles. The summed E-state index contributed by atoms with van der Waals surface area (Å²) in [4.78, 5) is 0. The molecule has 0 bridgehead atoms. The number of nitrogens with zero attached hydrogens (tertiary/aromatic N) is 2. The van der Waals surface area contributed by atoms with Crippen LogP contribution < -0.4 is 5.73 Å². The second-order valence-electron chi connectivity index (χ2n) is 5.05. The minimum absolute atomic E-state index is 0.546. The summed E-state index contributed by atoms with van der Waals surface area (Å²) in [5, 5.41) is 4.59. The second kappa shape index (κ2) is 5.88. The lowest BCUT2D eigenvalue weighted by atomic mass is 10.0. The van der Waals surface area contributed by atoms with Crippen molar-refractivity contribution in [1.82, 2.24) is 9.78 Å². The van der Waals surface area contributed by atoms with Gasteiger partial charge in [0.2, 0.25) is 0 Å². The van der Waals surface area contributed by atoms with Crippen molar-refractivity contribution in [3.05, 3.63) is 45.7 Å². The second-order valence-corrected chi connectivity index (χ2v) is 5.80. The minimum atomic E-state index is 0.546. The number of hydrogen-bond donors (Lipinski definition) is 1. The van der Waals surface area contributed by atoms with Crippen LogP contribution in [0.4, 0.5) is 0 Å². The molecule has 0 amide bonds. The van der Waals surface area contributed by atoms with Crippen molar-refractivity contribution in [2.24, 2.45) is 5.73 Å². The van der Waals surface area contributed by atoms with Crippen molar-refractivity contribution in [3.8, 4) is 5.69 Å². The molecule has 0 saturated heterocycles. The molecular formula is C15H20BrN3. The third-order valence-electron chi connectivity index (χ3n) is 3.32. The van der Waals surface area contributed by atoms with Crippen LogP contribution in [0.2, 0.25) is 0 Å². The standard InChI is InChI=1S/C15H20BrN3/c1-10(2)12-4-6-13(7-5-12)19-15(16)14(8-9-17)11(3)18-19/h4-7,10H,8-9,17H2,1-3H3. The van der Waals surface area contributed by atoms with E-state index >= 15 is 0 Å². The molecule has 19 heavy (non-hydrogen) atoms. The largest absolute Gasteiger partial charge is 0.330 e. The van der Waals surface area contributed by atoms with Gasteiger partial charge in [-0.15, -0.1) is 0 Å². The van der Waals surface area contributed by atoms with E-state index in [4.69, 9.17) is 5.73 Å². The monoisotopic (exact) mass is 321 g/mol. The van der Waals surface area contributed by atoms with Gasteiger partial charge in [0, 0.05) is 5.56 Å². The minimum Gasteiger partial charge on any atom is -0.330 e. The molecule has 2 N–H and O–H groups in total. The number of aryl methyl sites for hydroxylation is 1. The molecule has 2 aromatic rings. The molecule has 0 fully saturated rings. The van der Waals surface area contributed by atoms with Crippen LogP contribution in [0.3, 0.4) is 0 Å². The maximum Gasteiger partial charge on any atom is 0.113 e. The number of halogens is 1. The molecular weight excluding hydrogens is 302 g/mol. The first-order valence-electron chi connectivity index (χ1n) is 6.59. The molecule has 0 atom stereocenters. The van der Waals surface area contributed by atoms with Gasteiger partial charge in [-0.1, -0.05) is 26.0 Å². The highest BCUT2D eigenvalue weighted by Gasteiger charge is 2.13. The van der Waals surface area contributed by atoms with Gasteiger partial charge in [-0.2, -0.15) is 5.10 Å². The summed E-state index contributed by atoms with van der Waals surface area (Å²) >= 11 is 3.63. The summed E-state index contributed by atoms with van der Waals surface area (Å²) in [6.45, 7) is 7.05. The lowest BCUT2D eigenvalue weighted by Crippen LogP contribution is -2.03. The zero-order valence-electron chi connectivity index (χ0n) is 11.7. The van der Waals surface area contributed by atoms with Gasteiger partial charge in [0.1, 0.15) is 4.60 Å². The Hall–Kier alpha value is -1.13. The summed E-state index contributed by atoms with van der Waals surface area (Å²) < 4.78 is 2.94. The third kappa shape index (κ3) is 2.90. The van der Waals surface area contributed by atoms with E-state index in [1.54, 1.807) is 0 Å². The number of benzene rings is 1. The lowest BCUT2D eigenvalue weighted by Gasteiger charge is -2.08. The molecule has 102 valence electrons. The van der Waals surface area contributed by atoms with Crippen LogP contribution in [0.5, 0.6) is 0 Å². The fourth-order valence-corrected chi connectivity index (χ4v) is 2.90. The summed E-state index contributed by atoms with van der Waals surface area (Å²) in [5.74, 6) is 0.546. The normalized spacial score (nSPS) is 11.3. The Kier molecular flexibility index (Phi) is 4.42. The van der Waals surface area contributed by atoms with Crippen LogP contribution in [-0.2, 0) is 6.42 Å². The van der Waals surface area contributed by atoms with Gasteiger partial charge in [-0.25, -0.2) is 4.68 Å². The molecule has 1 heterocycles. The van der Waals surface area contributed by atoms with Gasteiger partial charge in [0.25, 0.3) is 0 Å². The fraction of sp³-hybridized carbons (Fsp3) is 0.400. The van der Waals surface area contributed by atoms with Crippen molar-refractivity contribution in [2.75, 3.05) is 6.54 Å². The Morgan fingerprint density at radius 2 is 1.89 bits per heavy atom. The average molecular weight is 322 g/mol. The van der Waals surface area contributed by atoms with E-state index in [1.807, 2.05) is 11.6 Å². The first kappa shape index (κ1) is 14.3. The number of nitrogens with two attached hydrogens (primary N) is 1. The van der Waals surface area contributed by atoms with Gasteiger partial charge in [0.05, 0.1) is 11.4 Å². The first-order chi connectivity index (χ1) is 9.04. The van der Waals surface area contributed by atoms with Crippen LogP contribution in [-0.4, -0.2) is 16.3 Å². The molecule has 0 aliphatic rings. The fourth-order valence-electron chi connectivity index (χ4n) is 2.13. The molecule has 1 aromatic carbocycles. The first-order valence-corrected chi connectivity index (χ1v) is 7.38. The highest BCUT2D eigenvalue weighted by molar-refractivity contribution is 9.10. The highest BCUT2D eigenvalue weighted by Crippen LogP contribution is 2.25. The summed E-state index contributed by atoms with van der Waals surface area (Å²) in [5.41, 5.74) is 10.3. The Morgan fingerprint density at radius 1 is 1.26 bits per heavy atom. The zero-order chi connectivity index (χ0) is 14.0. The Labute approximate surface area is 122 Å². The predicted octanol–water partition coefficient (Wildman–Crippen LogP) is 3.57. The molecule has 3 nitrogen and oxygen atoms in total. The molecule has 0 saturated carbocycles. The van der Waals surface area contributed by atoms with Crippen LogP contribution in [0.1, 0.15) is 36.6 Å². The van der Waals surface area contributed by atoms with Gasteiger partial charge in [-0.05, 0) is 59.4 Å². The number of rotatable bonds is 4. The van der Waals surface area contributed by atoms with E-state index in [0.717, 1.165) is 22.4 Å². The smallest absolute Gasteiger partial charge is 0.113 e. The predicted molar refractivity (Wildman–Crippen MR) is 82.8 cm³/mol. The molecule has 0 radical (unpaired) electrons. The van der Waals surface area contributed by atoms with Crippen LogP contribution >= 0.6 is 15.9 Å². The number of hydrogen-bond acceptors (Lipinski definition) is 2. The van der Waals surface area contributed by atoms with Crippen molar-refractivity contribution in [3.63, 3.8) is 0 Å². The van der Waals surface area contributed by atoms with E-state index in [0.29, 0.717) is 12.5 Å². The van der Waals surface area contributed by atoms with E-state index < -0.39 is 0 Å². The quantitative estimate of drug-likeness (QED) is 0.935. The van der Waals surface area contributed by atoms with Crippen molar-refractivity contribution < 1.29 is 0 Å². The number of aromatic nitrogens is 2. The van der Waals surface area contributed by atoms with Gasteiger partial charge >= 0.3 is 0 Å². The molecule has 0 aliphatic carbocycles. The van der Waals surface area contributed by atoms with Gasteiger partial charge < -0.3 is 5.73 Å².